The van der Waals surface area contributed by atoms with Gasteiger partial charge in [-0.25, -0.2) is 0 Å². The number of carbonyl (C=O) groups excluding carboxylic acids is 1. The number of ketones is 1. The molecule has 0 aliphatic carbocycles. The van der Waals surface area contributed by atoms with E-state index in [1.54, 1.807) is 0 Å². The molecule has 0 saturated carbocycles. The molecule has 0 unspecified atom stereocenters. The number of rotatable bonds is 5. The van der Waals surface area contributed by atoms with E-state index in [0.717, 1.165) is 12.1 Å². The maximum atomic E-state index is 12.2. The van der Waals surface area contributed by atoms with Gasteiger partial charge in [-0.3, -0.25) is 25.0 Å². The van der Waals surface area contributed by atoms with Crippen molar-refractivity contribution in [2.24, 2.45) is 0 Å². The van der Waals surface area contributed by atoms with Crippen LogP contribution in [0.5, 0.6) is 11.5 Å². The van der Waals surface area contributed by atoms with Crippen LogP contribution in [0.2, 0.25) is 0 Å². The van der Waals surface area contributed by atoms with Crippen LogP contribution in [-0.2, 0) is 6.42 Å². The highest BCUT2D eigenvalue weighted by molar-refractivity contribution is 5.99. The molecule has 0 aliphatic heterocycles. The van der Waals surface area contributed by atoms with Crippen molar-refractivity contribution in [2.75, 3.05) is 0 Å². The van der Waals surface area contributed by atoms with E-state index in [0.29, 0.717) is 0 Å². The monoisotopic (exact) mass is 318 g/mol. The summed E-state index contributed by atoms with van der Waals surface area (Å²) in [6, 6.07) is 7.28. The van der Waals surface area contributed by atoms with Gasteiger partial charge >= 0.3 is 5.69 Å². The molecule has 118 valence electrons. The molecule has 0 heterocycles. The van der Waals surface area contributed by atoms with Gasteiger partial charge in [0.05, 0.1) is 9.85 Å². The Kier molecular flexibility index (Phi) is 4.21. The Morgan fingerprint density at radius 2 is 1.61 bits per heavy atom. The lowest BCUT2D eigenvalue weighted by atomic mass is 10.0. The molecule has 2 rings (SSSR count). The molecule has 0 fully saturated rings. The number of nitrogens with zero attached hydrogens (tertiary/aromatic N) is 2. The Morgan fingerprint density at radius 3 is 2.22 bits per heavy atom. The van der Waals surface area contributed by atoms with Crippen molar-refractivity contribution in [2.45, 2.75) is 6.42 Å². The van der Waals surface area contributed by atoms with Crippen molar-refractivity contribution < 1.29 is 24.9 Å². The van der Waals surface area contributed by atoms with Gasteiger partial charge in [0.2, 0.25) is 5.75 Å². The van der Waals surface area contributed by atoms with E-state index >= 15 is 0 Å². The van der Waals surface area contributed by atoms with Crippen LogP contribution < -0.4 is 0 Å². The number of para-hydroxylation sites is 1. The summed E-state index contributed by atoms with van der Waals surface area (Å²) >= 11 is 0. The first-order valence-electron chi connectivity index (χ1n) is 6.27. The fraction of sp³-hybridized carbons (Fsp3) is 0.0714. The normalized spacial score (nSPS) is 10.3. The second kappa shape index (κ2) is 6.10. The molecule has 0 spiro atoms. The Balaban J connectivity index is 2.39. The highest BCUT2D eigenvalue weighted by atomic mass is 16.6. The number of nitro groups is 2. The van der Waals surface area contributed by atoms with Crippen LogP contribution in [0.4, 0.5) is 11.4 Å². The standard InChI is InChI=1S/C14H10N2O7/c17-12(6-8-3-1-2-4-10(8)15(20)21)9-5-11(16(22)23)14(19)13(18)7-9/h1-5,7,18-19H,6H2. The molecule has 9 nitrogen and oxygen atoms in total. The number of aromatic hydroxyl groups is 2. The third-order valence-electron chi connectivity index (χ3n) is 3.13. The Hall–Kier alpha value is -3.49. The average Bonchev–Trinajstić information content (AvgIpc) is 2.49. The summed E-state index contributed by atoms with van der Waals surface area (Å²) in [5.41, 5.74) is -1.17. The number of hydrogen-bond acceptors (Lipinski definition) is 7. The fourth-order valence-electron chi connectivity index (χ4n) is 2.02. The Morgan fingerprint density at radius 1 is 1.00 bits per heavy atom. The summed E-state index contributed by atoms with van der Waals surface area (Å²) in [5.74, 6) is -2.43. The minimum atomic E-state index is -0.948. The van der Waals surface area contributed by atoms with Crippen LogP contribution in [0.25, 0.3) is 0 Å². The molecule has 0 aliphatic rings. The third kappa shape index (κ3) is 3.23. The number of phenols is 2. The number of phenolic OH excluding ortho intramolecular Hbond substituents is 2. The smallest absolute Gasteiger partial charge is 0.315 e. The van der Waals surface area contributed by atoms with Gasteiger partial charge in [-0.2, -0.15) is 0 Å². The summed E-state index contributed by atoms with van der Waals surface area (Å²) < 4.78 is 0. The van der Waals surface area contributed by atoms with E-state index in [1.807, 2.05) is 0 Å². The molecule has 0 bridgehead atoms. The van der Waals surface area contributed by atoms with E-state index in [4.69, 9.17) is 0 Å². The van der Waals surface area contributed by atoms with Crippen LogP contribution in [0.3, 0.4) is 0 Å². The zero-order chi connectivity index (χ0) is 17.1. The average molecular weight is 318 g/mol. The van der Waals surface area contributed by atoms with Crippen molar-refractivity contribution in [3.63, 3.8) is 0 Å². The largest absolute Gasteiger partial charge is 0.504 e. The molecule has 0 saturated heterocycles. The molecule has 23 heavy (non-hydrogen) atoms. The first-order valence-corrected chi connectivity index (χ1v) is 6.27. The fourth-order valence-corrected chi connectivity index (χ4v) is 2.02. The van der Waals surface area contributed by atoms with Gasteiger partial charge in [0.25, 0.3) is 5.69 Å². The van der Waals surface area contributed by atoms with E-state index in [2.05, 4.69) is 0 Å². The quantitative estimate of drug-likeness (QED) is 0.372. The maximum absolute atomic E-state index is 12.2. The number of Topliss-reactive ketones (excluding diaryl/α,β-unsaturated/α-hetero) is 1. The SMILES string of the molecule is O=C(Cc1ccccc1[N+](=O)[O-])c1cc(O)c(O)c([N+](=O)[O-])c1. The van der Waals surface area contributed by atoms with Crippen LogP contribution in [0.1, 0.15) is 15.9 Å². The lowest BCUT2D eigenvalue weighted by molar-refractivity contribution is -0.386. The molecular formula is C14H10N2O7. The van der Waals surface area contributed by atoms with Crippen LogP contribution >= 0.6 is 0 Å². The Bertz CT molecular complexity index is 817. The second-order valence-electron chi connectivity index (χ2n) is 4.61. The summed E-state index contributed by atoms with van der Waals surface area (Å²) in [7, 11) is 0. The Labute approximate surface area is 128 Å². The van der Waals surface area contributed by atoms with Crippen molar-refractivity contribution in [3.8, 4) is 11.5 Å². The van der Waals surface area contributed by atoms with Gasteiger partial charge < -0.3 is 10.2 Å². The molecule has 0 radical (unpaired) electrons. The van der Waals surface area contributed by atoms with E-state index in [1.165, 1.54) is 24.3 Å². The number of carbonyl (C=O) groups is 1. The molecule has 2 N–H and O–H groups in total. The summed E-state index contributed by atoms with van der Waals surface area (Å²) in [5, 5.41) is 40.6. The van der Waals surface area contributed by atoms with Crippen molar-refractivity contribution >= 4 is 17.2 Å². The first kappa shape index (κ1) is 15.9. The highest BCUT2D eigenvalue weighted by Crippen LogP contribution is 2.36. The van der Waals surface area contributed by atoms with Gasteiger partial charge in [-0.05, 0) is 6.07 Å². The second-order valence-corrected chi connectivity index (χ2v) is 4.61. The number of nitro benzene ring substituents is 2. The predicted octanol–water partition coefficient (Wildman–Crippen LogP) is 2.34. The molecule has 0 amide bonds. The lowest BCUT2D eigenvalue weighted by Crippen LogP contribution is -2.06. The summed E-state index contributed by atoms with van der Waals surface area (Å²) in [4.78, 5) is 32.3. The van der Waals surface area contributed by atoms with Crippen molar-refractivity contribution in [3.05, 3.63) is 67.8 Å². The van der Waals surface area contributed by atoms with Crippen LogP contribution in [-0.4, -0.2) is 25.8 Å². The van der Waals surface area contributed by atoms with Gasteiger partial charge in [0.1, 0.15) is 0 Å². The first-order chi connectivity index (χ1) is 10.8. The van der Waals surface area contributed by atoms with Crippen LogP contribution in [0.15, 0.2) is 36.4 Å². The van der Waals surface area contributed by atoms with Crippen molar-refractivity contribution in [1.29, 1.82) is 0 Å². The number of benzene rings is 2. The molecule has 2 aromatic carbocycles. The van der Waals surface area contributed by atoms with Gasteiger partial charge in [-0.1, -0.05) is 18.2 Å². The molecule has 0 atom stereocenters. The van der Waals surface area contributed by atoms with E-state index in [9.17, 15) is 35.2 Å². The molecule has 0 aromatic heterocycles. The minimum Gasteiger partial charge on any atom is -0.504 e. The zero-order valence-corrected chi connectivity index (χ0v) is 11.5. The molecule has 2 aromatic rings. The van der Waals surface area contributed by atoms with Gasteiger partial charge in [-0.15, -0.1) is 0 Å². The summed E-state index contributed by atoms with van der Waals surface area (Å²) in [6.45, 7) is 0. The molecule has 9 heteroatoms. The van der Waals surface area contributed by atoms with Gasteiger partial charge in [0, 0.05) is 29.7 Å². The van der Waals surface area contributed by atoms with Crippen molar-refractivity contribution in [1.82, 2.24) is 0 Å². The predicted molar refractivity (Wildman–Crippen MR) is 77.6 cm³/mol. The molecular weight excluding hydrogens is 308 g/mol. The minimum absolute atomic E-state index is 0.137. The topological polar surface area (TPSA) is 144 Å². The van der Waals surface area contributed by atoms with Gasteiger partial charge in [0.15, 0.2) is 11.5 Å². The number of hydrogen-bond donors (Lipinski definition) is 2. The van der Waals surface area contributed by atoms with Crippen LogP contribution in [0, 0.1) is 20.2 Å². The third-order valence-corrected chi connectivity index (χ3v) is 3.13. The zero-order valence-electron chi connectivity index (χ0n) is 11.5. The summed E-state index contributed by atoms with van der Waals surface area (Å²) in [6.07, 6.45) is -0.376. The maximum Gasteiger partial charge on any atom is 0.315 e. The van der Waals surface area contributed by atoms with E-state index in [-0.39, 0.29) is 23.2 Å². The highest BCUT2D eigenvalue weighted by Gasteiger charge is 2.23. The van der Waals surface area contributed by atoms with E-state index < -0.39 is 32.8 Å². The lowest BCUT2D eigenvalue weighted by Gasteiger charge is -2.05.